The largest absolute Gasteiger partial charge is 0.348 e. The Morgan fingerprint density at radius 2 is 2.13 bits per heavy atom. The molecule has 0 radical (unpaired) electrons. The zero-order chi connectivity index (χ0) is 15.1. The summed E-state index contributed by atoms with van der Waals surface area (Å²) in [5.74, 6) is 0.904. The van der Waals surface area contributed by atoms with Crippen LogP contribution in [0, 0.1) is 5.92 Å². The number of rotatable bonds is 2. The lowest BCUT2D eigenvalue weighted by Crippen LogP contribution is -2.44. The van der Waals surface area contributed by atoms with Crippen molar-refractivity contribution in [3.05, 3.63) is 17.5 Å². The molecule has 1 aliphatic heterocycles. The molecule has 2 aliphatic carbocycles. The summed E-state index contributed by atoms with van der Waals surface area (Å²) in [6, 6.07) is 0.731. The third-order valence-corrected chi connectivity index (χ3v) is 5.87. The fourth-order valence-electron chi connectivity index (χ4n) is 4.65. The molecular weight excluding hydrogens is 312 g/mol. The molecule has 4 rings (SSSR count). The van der Waals surface area contributed by atoms with Crippen LogP contribution in [0.15, 0.2) is 6.20 Å². The number of hydrogen-bond donors (Lipinski definition) is 2. The maximum absolute atomic E-state index is 12.7. The standard InChI is InChI=1S/C17H26N4O.ClH/c1-21-16-8-4-7-14(12(16)10-18-21)20-17(22)15-9-11-5-2-3-6-13(11)19-15;/h10-11,13-15,19H,2-9H2,1H3,(H,20,22);1H. The first kappa shape index (κ1) is 16.8. The Kier molecular flexibility index (Phi) is 4.97. The molecule has 0 bridgehead atoms. The molecule has 5 nitrogen and oxygen atoms in total. The molecule has 1 aromatic heterocycles. The van der Waals surface area contributed by atoms with E-state index in [0.29, 0.717) is 12.0 Å². The number of aryl methyl sites for hydroxylation is 1. The van der Waals surface area contributed by atoms with Crippen molar-refractivity contribution >= 4 is 18.3 Å². The Labute approximate surface area is 144 Å². The van der Waals surface area contributed by atoms with Gasteiger partial charge in [0.1, 0.15) is 0 Å². The summed E-state index contributed by atoms with van der Waals surface area (Å²) in [6.07, 6.45) is 11.4. The molecule has 23 heavy (non-hydrogen) atoms. The van der Waals surface area contributed by atoms with Gasteiger partial charge in [0.2, 0.25) is 5.91 Å². The van der Waals surface area contributed by atoms with Crippen LogP contribution >= 0.6 is 12.4 Å². The van der Waals surface area contributed by atoms with E-state index >= 15 is 0 Å². The van der Waals surface area contributed by atoms with Crippen LogP contribution < -0.4 is 10.6 Å². The minimum atomic E-state index is 0. The molecule has 0 spiro atoms. The van der Waals surface area contributed by atoms with Crippen LogP contribution in [0.3, 0.4) is 0 Å². The molecular formula is C17H27ClN4O. The van der Waals surface area contributed by atoms with Gasteiger partial charge in [0.15, 0.2) is 0 Å². The topological polar surface area (TPSA) is 59.0 Å². The highest BCUT2D eigenvalue weighted by Crippen LogP contribution is 2.34. The van der Waals surface area contributed by atoms with E-state index in [4.69, 9.17) is 0 Å². The van der Waals surface area contributed by atoms with E-state index in [-0.39, 0.29) is 30.4 Å². The van der Waals surface area contributed by atoms with Crippen molar-refractivity contribution in [2.45, 2.75) is 69.5 Å². The quantitative estimate of drug-likeness (QED) is 0.869. The smallest absolute Gasteiger partial charge is 0.237 e. The molecule has 2 N–H and O–H groups in total. The van der Waals surface area contributed by atoms with Crippen LogP contribution in [-0.4, -0.2) is 27.8 Å². The lowest BCUT2D eigenvalue weighted by Gasteiger charge is -2.25. The van der Waals surface area contributed by atoms with Gasteiger partial charge in [0.05, 0.1) is 18.3 Å². The number of aromatic nitrogens is 2. The van der Waals surface area contributed by atoms with E-state index in [1.807, 2.05) is 17.9 Å². The Morgan fingerprint density at radius 3 is 2.96 bits per heavy atom. The molecule has 2 fully saturated rings. The second kappa shape index (κ2) is 6.81. The lowest BCUT2D eigenvalue weighted by atomic mass is 9.85. The second-order valence-corrected chi connectivity index (χ2v) is 7.23. The van der Waals surface area contributed by atoms with Gasteiger partial charge in [-0.1, -0.05) is 12.8 Å². The predicted octanol–water partition coefficient (Wildman–Crippen LogP) is 2.26. The molecule has 4 unspecified atom stereocenters. The Balaban J connectivity index is 0.00000156. The number of nitrogens with one attached hydrogen (secondary N) is 2. The van der Waals surface area contributed by atoms with Crippen LogP contribution in [-0.2, 0) is 18.3 Å². The van der Waals surface area contributed by atoms with Crippen LogP contribution in [0.5, 0.6) is 0 Å². The maximum Gasteiger partial charge on any atom is 0.237 e. The number of nitrogens with zero attached hydrogens (tertiary/aromatic N) is 2. The predicted molar refractivity (Wildman–Crippen MR) is 91.6 cm³/mol. The Hall–Kier alpha value is -1.07. The molecule has 1 saturated heterocycles. The van der Waals surface area contributed by atoms with Crippen molar-refractivity contribution in [3.63, 3.8) is 0 Å². The fourth-order valence-corrected chi connectivity index (χ4v) is 4.65. The summed E-state index contributed by atoms with van der Waals surface area (Å²) in [6.45, 7) is 0. The summed E-state index contributed by atoms with van der Waals surface area (Å²) in [7, 11) is 1.99. The summed E-state index contributed by atoms with van der Waals surface area (Å²) in [5.41, 5.74) is 2.50. The van der Waals surface area contributed by atoms with Gasteiger partial charge in [-0.25, -0.2) is 0 Å². The summed E-state index contributed by atoms with van der Waals surface area (Å²) >= 11 is 0. The molecule has 0 aromatic carbocycles. The number of carbonyl (C=O) groups excluding carboxylic acids is 1. The minimum absolute atomic E-state index is 0. The van der Waals surface area contributed by atoms with E-state index in [2.05, 4.69) is 15.7 Å². The number of fused-ring (bicyclic) bond motifs is 2. The monoisotopic (exact) mass is 338 g/mol. The van der Waals surface area contributed by atoms with E-state index in [9.17, 15) is 4.79 Å². The molecule has 2 heterocycles. The van der Waals surface area contributed by atoms with E-state index < -0.39 is 0 Å². The Bertz CT molecular complexity index is 559. The van der Waals surface area contributed by atoms with Gasteiger partial charge in [-0.05, 0) is 44.4 Å². The number of amides is 1. The van der Waals surface area contributed by atoms with E-state index in [1.165, 1.54) is 36.9 Å². The van der Waals surface area contributed by atoms with Crippen molar-refractivity contribution in [2.75, 3.05) is 0 Å². The minimum Gasteiger partial charge on any atom is -0.348 e. The average Bonchev–Trinajstić information content (AvgIpc) is 3.12. The van der Waals surface area contributed by atoms with Gasteiger partial charge in [-0.2, -0.15) is 5.10 Å². The SMILES string of the molecule is Cl.Cn1ncc2c1CCCC2NC(=O)C1CC2CCCCC2N1. The zero-order valence-electron chi connectivity index (χ0n) is 13.8. The first-order valence-electron chi connectivity index (χ1n) is 8.79. The first-order valence-corrected chi connectivity index (χ1v) is 8.79. The van der Waals surface area contributed by atoms with Gasteiger partial charge in [-0.15, -0.1) is 12.4 Å². The van der Waals surface area contributed by atoms with Crippen molar-refractivity contribution < 1.29 is 4.79 Å². The van der Waals surface area contributed by atoms with Crippen LogP contribution in [0.2, 0.25) is 0 Å². The lowest BCUT2D eigenvalue weighted by molar-refractivity contribution is -0.123. The van der Waals surface area contributed by atoms with Crippen LogP contribution in [0.4, 0.5) is 0 Å². The van der Waals surface area contributed by atoms with Gasteiger partial charge < -0.3 is 10.6 Å². The molecule has 128 valence electrons. The third-order valence-electron chi connectivity index (χ3n) is 5.87. The maximum atomic E-state index is 12.7. The molecule has 1 amide bonds. The molecule has 4 atom stereocenters. The van der Waals surface area contributed by atoms with Gasteiger partial charge in [0, 0.05) is 24.3 Å². The fraction of sp³-hybridized carbons (Fsp3) is 0.765. The van der Waals surface area contributed by atoms with Gasteiger partial charge in [-0.3, -0.25) is 9.48 Å². The third kappa shape index (κ3) is 3.13. The normalized spacial score (nSPS) is 32.6. The molecule has 3 aliphatic rings. The van der Waals surface area contributed by atoms with Crippen molar-refractivity contribution in [2.24, 2.45) is 13.0 Å². The van der Waals surface area contributed by atoms with Crippen molar-refractivity contribution in [3.8, 4) is 0 Å². The highest BCUT2D eigenvalue weighted by atomic mass is 35.5. The van der Waals surface area contributed by atoms with Gasteiger partial charge in [0.25, 0.3) is 0 Å². The summed E-state index contributed by atoms with van der Waals surface area (Å²) in [4.78, 5) is 12.7. The molecule has 1 saturated carbocycles. The van der Waals surface area contributed by atoms with E-state index in [1.54, 1.807) is 0 Å². The zero-order valence-corrected chi connectivity index (χ0v) is 14.6. The summed E-state index contributed by atoms with van der Waals surface area (Å²) < 4.78 is 1.95. The number of hydrogen-bond acceptors (Lipinski definition) is 3. The molecule has 1 aromatic rings. The van der Waals surface area contributed by atoms with Gasteiger partial charge >= 0.3 is 0 Å². The highest BCUT2D eigenvalue weighted by Gasteiger charge is 2.39. The average molecular weight is 339 g/mol. The molecule has 6 heteroatoms. The number of carbonyl (C=O) groups is 1. The second-order valence-electron chi connectivity index (χ2n) is 7.23. The Morgan fingerprint density at radius 1 is 1.30 bits per heavy atom. The first-order chi connectivity index (χ1) is 10.7. The highest BCUT2D eigenvalue weighted by molar-refractivity contribution is 5.85. The van der Waals surface area contributed by atoms with Crippen molar-refractivity contribution in [1.29, 1.82) is 0 Å². The van der Waals surface area contributed by atoms with E-state index in [0.717, 1.165) is 25.7 Å². The number of halogens is 1. The van der Waals surface area contributed by atoms with Crippen LogP contribution in [0.25, 0.3) is 0 Å². The summed E-state index contributed by atoms with van der Waals surface area (Å²) in [5, 5.41) is 11.2. The van der Waals surface area contributed by atoms with Crippen molar-refractivity contribution in [1.82, 2.24) is 20.4 Å². The van der Waals surface area contributed by atoms with Crippen LogP contribution in [0.1, 0.15) is 62.2 Å².